The van der Waals surface area contributed by atoms with Gasteiger partial charge in [0.05, 0.1) is 6.21 Å². The molecule has 22 heavy (non-hydrogen) atoms. The summed E-state index contributed by atoms with van der Waals surface area (Å²) in [5.41, 5.74) is 4.86. The molecule has 0 aliphatic heterocycles. The topological polar surface area (TPSA) is 41.5 Å². The quantitative estimate of drug-likeness (QED) is 0.520. The van der Waals surface area contributed by atoms with Crippen LogP contribution >= 0.6 is 11.8 Å². The number of benzene rings is 2. The number of nitrogens with one attached hydrogen (secondary N) is 1. The Morgan fingerprint density at radius 3 is 2.59 bits per heavy atom. The number of carbonyl (C=O) groups is 1. The fourth-order valence-corrected chi connectivity index (χ4v) is 2.90. The average molecular weight is 310 g/mol. The average Bonchev–Trinajstić information content (AvgIpc) is 3.37. The number of rotatable bonds is 5. The highest BCUT2D eigenvalue weighted by Gasteiger charge is 2.43. The zero-order valence-corrected chi connectivity index (χ0v) is 13.2. The van der Waals surface area contributed by atoms with Crippen LogP contribution in [0.5, 0.6) is 0 Å². The van der Waals surface area contributed by atoms with Crippen molar-refractivity contribution in [3.05, 3.63) is 65.7 Å². The Balaban J connectivity index is 1.51. The van der Waals surface area contributed by atoms with E-state index in [4.69, 9.17) is 0 Å². The summed E-state index contributed by atoms with van der Waals surface area (Å²) in [6, 6.07) is 18.2. The van der Waals surface area contributed by atoms with Crippen molar-refractivity contribution in [1.29, 1.82) is 0 Å². The van der Waals surface area contributed by atoms with Crippen LogP contribution in [0.3, 0.4) is 0 Å². The Hall–Kier alpha value is -2.07. The van der Waals surface area contributed by atoms with E-state index in [2.05, 4.69) is 22.7 Å². The zero-order valence-electron chi connectivity index (χ0n) is 12.4. The van der Waals surface area contributed by atoms with Crippen molar-refractivity contribution in [3.8, 4) is 0 Å². The smallest absolute Gasteiger partial charge is 0.243 e. The molecule has 1 aliphatic rings. The summed E-state index contributed by atoms with van der Waals surface area (Å²) >= 11 is 1.70. The van der Waals surface area contributed by atoms with Crippen LogP contribution in [0.2, 0.25) is 0 Å². The molecule has 112 valence electrons. The van der Waals surface area contributed by atoms with Crippen molar-refractivity contribution >= 4 is 23.9 Å². The first-order chi connectivity index (χ1) is 10.8. The highest BCUT2D eigenvalue weighted by Crippen LogP contribution is 2.47. The molecule has 1 saturated carbocycles. The Morgan fingerprint density at radius 2 is 1.91 bits per heavy atom. The molecule has 1 N–H and O–H groups in total. The lowest BCUT2D eigenvalue weighted by Crippen LogP contribution is -2.20. The van der Waals surface area contributed by atoms with Crippen molar-refractivity contribution in [2.24, 2.45) is 11.0 Å². The SMILES string of the molecule is CSc1ccc(/C=N\NC(=O)[C@@H]2C[C@H]2c2ccccc2)cc1. The maximum absolute atomic E-state index is 12.1. The lowest BCUT2D eigenvalue weighted by Gasteiger charge is -2.00. The maximum Gasteiger partial charge on any atom is 0.243 e. The Kier molecular flexibility index (Phi) is 4.59. The summed E-state index contributed by atoms with van der Waals surface area (Å²) in [5.74, 6) is 0.404. The van der Waals surface area contributed by atoms with E-state index in [1.807, 2.05) is 48.7 Å². The normalized spacial score (nSPS) is 20.0. The van der Waals surface area contributed by atoms with Crippen LogP contribution in [0.1, 0.15) is 23.5 Å². The molecule has 3 rings (SSSR count). The molecular formula is C18H18N2OS. The van der Waals surface area contributed by atoms with E-state index in [1.54, 1.807) is 18.0 Å². The first kappa shape index (κ1) is 14.9. The van der Waals surface area contributed by atoms with Crippen LogP contribution < -0.4 is 5.43 Å². The molecule has 1 aliphatic carbocycles. The van der Waals surface area contributed by atoms with Gasteiger partial charge >= 0.3 is 0 Å². The molecule has 0 spiro atoms. The van der Waals surface area contributed by atoms with E-state index in [0.29, 0.717) is 5.92 Å². The molecule has 0 unspecified atom stereocenters. The number of hydrogen-bond acceptors (Lipinski definition) is 3. The molecule has 2 aromatic rings. The lowest BCUT2D eigenvalue weighted by molar-refractivity contribution is -0.122. The van der Waals surface area contributed by atoms with Gasteiger partial charge in [-0.1, -0.05) is 42.5 Å². The third kappa shape index (κ3) is 3.57. The molecule has 3 nitrogen and oxygen atoms in total. The molecule has 0 radical (unpaired) electrons. The minimum absolute atomic E-state index is 0.00540. The number of carbonyl (C=O) groups excluding carboxylic acids is 1. The number of hydrazone groups is 1. The van der Waals surface area contributed by atoms with E-state index >= 15 is 0 Å². The molecule has 1 amide bonds. The second-order valence-electron chi connectivity index (χ2n) is 5.37. The van der Waals surface area contributed by atoms with E-state index in [0.717, 1.165) is 12.0 Å². The monoisotopic (exact) mass is 310 g/mol. The first-order valence-electron chi connectivity index (χ1n) is 7.30. The fourth-order valence-electron chi connectivity index (χ4n) is 2.50. The number of nitrogens with zero attached hydrogens (tertiary/aromatic N) is 1. The summed E-state index contributed by atoms with van der Waals surface area (Å²) in [7, 11) is 0. The Morgan fingerprint density at radius 1 is 1.18 bits per heavy atom. The minimum Gasteiger partial charge on any atom is -0.273 e. The molecule has 0 aromatic heterocycles. The van der Waals surface area contributed by atoms with Crippen molar-refractivity contribution < 1.29 is 4.79 Å². The van der Waals surface area contributed by atoms with Crippen molar-refractivity contribution in [1.82, 2.24) is 5.43 Å². The molecule has 2 atom stereocenters. The molecule has 0 bridgehead atoms. The molecule has 0 saturated heterocycles. The third-order valence-corrected chi connectivity index (χ3v) is 4.60. The van der Waals surface area contributed by atoms with Gasteiger partial charge in [-0.3, -0.25) is 4.79 Å². The predicted octanol–water partition coefficient (Wildman–Crippen LogP) is 3.66. The van der Waals surface area contributed by atoms with Crippen LogP contribution in [-0.2, 0) is 4.79 Å². The van der Waals surface area contributed by atoms with Gasteiger partial charge in [0.15, 0.2) is 0 Å². The summed E-state index contributed by atoms with van der Waals surface area (Å²) in [5, 5.41) is 4.06. The van der Waals surface area contributed by atoms with Crippen LogP contribution in [0.15, 0.2) is 64.6 Å². The standard InChI is InChI=1S/C18H18N2OS/c1-22-15-9-7-13(8-10-15)12-19-20-18(21)17-11-16(17)14-5-3-2-4-6-14/h2-10,12,16-17H,11H2,1H3,(H,20,21)/b19-12-/t16-,17+/m0/s1. The van der Waals surface area contributed by atoms with Gasteiger partial charge < -0.3 is 0 Å². The summed E-state index contributed by atoms with van der Waals surface area (Å²) in [6.45, 7) is 0. The third-order valence-electron chi connectivity index (χ3n) is 3.86. The van der Waals surface area contributed by atoms with Crippen LogP contribution in [0.4, 0.5) is 0 Å². The van der Waals surface area contributed by atoms with E-state index in [1.165, 1.54) is 10.5 Å². The molecular weight excluding hydrogens is 292 g/mol. The summed E-state index contributed by atoms with van der Waals surface area (Å²) in [6.07, 6.45) is 4.64. The van der Waals surface area contributed by atoms with Crippen molar-refractivity contribution in [2.45, 2.75) is 17.2 Å². The highest BCUT2D eigenvalue weighted by atomic mass is 32.2. The van der Waals surface area contributed by atoms with Crippen molar-refractivity contribution in [3.63, 3.8) is 0 Å². The van der Waals surface area contributed by atoms with Gasteiger partial charge in [0.1, 0.15) is 0 Å². The largest absolute Gasteiger partial charge is 0.273 e. The van der Waals surface area contributed by atoms with E-state index < -0.39 is 0 Å². The summed E-state index contributed by atoms with van der Waals surface area (Å²) in [4.78, 5) is 13.3. The minimum atomic E-state index is 0.00540. The van der Waals surface area contributed by atoms with Crippen LogP contribution in [-0.4, -0.2) is 18.4 Å². The number of thioether (sulfide) groups is 1. The van der Waals surface area contributed by atoms with Gasteiger partial charge in [-0.05, 0) is 41.9 Å². The van der Waals surface area contributed by atoms with Crippen molar-refractivity contribution in [2.75, 3.05) is 6.26 Å². The van der Waals surface area contributed by atoms with Gasteiger partial charge in [0.25, 0.3) is 0 Å². The second kappa shape index (κ2) is 6.79. The molecule has 2 aromatic carbocycles. The first-order valence-corrected chi connectivity index (χ1v) is 8.52. The highest BCUT2D eigenvalue weighted by molar-refractivity contribution is 7.98. The maximum atomic E-state index is 12.1. The number of hydrogen-bond donors (Lipinski definition) is 1. The van der Waals surface area contributed by atoms with Gasteiger partial charge in [0, 0.05) is 10.8 Å². The molecule has 4 heteroatoms. The van der Waals surface area contributed by atoms with E-state index in [-0.39, 0.29) is 11.8 Å². The summed E-state index contributed by atoms with van der Waals surface area (Å²) < 4.78 is 0. The molecule has 0 heterocycles. The lowest BCUT2D eigenvalue weighted by atomic mass is 10.1. The zero-order chi connectivity index (χ0) is 15.4. The Labute approximate surface area is 134 Å². The fraction of sp³-hybridized carbons (Fsp3) is 0.222. The predicted molar refractivity (Wildman–Crippen MR) is 91.2 cm³/mol. The van der Waals surface area contributed by atoms with Crippen LogP contribution in [0.25, 0.3) is 0 Å². The van der Waals surface area contributed by atoms with Gasteiger partial charge in [-0.15, -0.1) is 11.8 Å². The van der Waals surface area contributed by atoms with Gasteiger partial charge in [0.2, 0.25) is 5.91 Å². The van der Waals surface area contributed by atoms with Crippen LogP contribution in [0, 0.1) is 5.92 Å². The van der Waals surface area contributed by atoms with Gasteiger partial charge in [-0.25, -0.2) is 5.43 Å². The second-order valence-corrected chi connectivity index (χ2v) is 6.25. The number of amides is 1. The van der Waals surface area contributed by atoms with Gasteiger partial charge in [-0.2, -0.15) is 5.10 Å². The van der Waals surface area contributed by atoms with E-state index in [9.17, 15) is 4.79 Å². The Bertz CT molecular complexity index is 667. The molecule has 1 fully saturated rings.